The minimum atomic E-state index is -0.981. The van der Waals surface area contributed by atoms with Crippen LogP contribution in [0.25, 0.3) is 0 Å². The van der Waals surface area contributed by atoms with Crippen LogP contribution >= 0.6 is 0 Å². The van der Waals surface area contributed by atoms with Crippen molar-refractivity contribution >= 4 is 23.0 Å². The van der Waals surface area contributed by atoms with Crippen molar-refractivity contribution in [3.05, 3.63) is 34.4 Å². The number of hydrogen-bond acceptors (Lipinski definition) is 6. The molecule has 0 radical (unpaired) electrons. The van der Waals surface area contributed by atoms with E-state index in [2.05, 4.69) is 10.5 Å². The molecule has 0 fully saturated rings. The summed E-state index contributed by atoms with van der Waals surface area (Å²) in [5, 5.41) is 22.4. The Morgan fingerprint density at radius 3 is 2.82 bits per heavy atom. The van der Waals surface area contributed by atoms with Gasteiger partial charge >= 0.3 is 0 Å². The van der Waals surface area contributed by atoms with E-state index in [1.807, 2.05) is 0 Å². The number of non-ortho nitro benzene ring substituents is 1. The summed E-state index contributed by atoms with van der Waals surface area (Å²) in [6.07, 6.45) is 0. The Balaban J connectivity index is 2.90. The number of carbonyl (C=O) groups excluding carboxylic acids is 1. The number of nitro benzene ring substituents is 1. The number of benzene rings is 1. The second kappa shape index (κ2) is 5.22. The minimum absolute atomic E-state index is 0.136. The van der Waals surface area contributed by atoms with E-state index in [0.29, 0.717) is 0 Å². The molecular weight excluding hydrogens is 226 g/mol. The lowest BCUT2D eigenvalue weighted by Crippen LogP contribution is -2.22. The molecule has 0 aliphatic heterocycles. The van der Waals surface area contributed by atoms with Gasteiger partial charge in [0.05, 0.1) is 10.6 Å². The Kier molecular flexibility index (Phi) is 3.72. The van der Waals surface area contributed by atoms with Crippen molar-refractivity contribution < 1.29 is 9.72 Å². The van der Waals surface area contributed by atoms with Gasteiger partial charge in [0, 0.05) is 12.1 Å². The van der Waals surface area contributed by atoms with E-state index < -0.39 is 16.5 Å². The van der Waals surface area contributed by atoms with E-state index in [-0.39, 0.29) is 11.4 Å². The number of amides is 1. The van der Waals surface area contributed by atoms with Crippen LogP contribution in [0, 0.1) is 21.4 Å². The first-order valence-electron chi connectivity index (χ1n) is 4.32. The van der Waals surface area contributed by atoms with Crippen molar-refractivity contribution in [1.82, 2.24) is 0 Å². The van der Waals surface area contributed by atoms with Gasteiger partial charge in [-0.1, -0.05) is 6.07 Å². The fraction of sp³-hybridized carbons (Fsp3) is 0. The predicted molar refractivity (Wildman–Crippen MR) is 59.0 cm³/mol. The number of primary amides is 1. The summed E-state index contributed by atoms with van der Waals surface area (Å²) in [7, 11) is 0. The van der Waals surface area contributed by atoms with E-state index in [9.17, 15) is 14.9 Å². The normalized spacial score (nSPS) is 10.4. The first kappa shape index (κ1) is 12.1. The van der Waals surface area contributed by atoms with Crippen LogP contribution in [0.3, 0.4) is 0 Å². The van der Waals surface area contributed by atoms with E-state index in [4.69, 9.17) is 11.0 Å². The Morgan fingerprint density at radius 2 is 2.29 bits per heavy atom. The van der Waals surface area contributed by atoms with Crippen molar-refractivity contribution in [2.75, 3.05) is 5.43 Å². The van der Waals surface area contributed by atoms with Crippen LogP contribution in [0.2, 0.25) is 0 Å². The second-order valence-corrected chi connectivity index (χ2v) is 2.86. The fourth-order valence-corrected chi connectivity index (χ4v) is 0.945. The third-order valence-electron chi connectivity index (χ3n) is 1.69. The first-order chi connectivity index (χ1) is 8.04. The number of nitriles is 1. The molecule has 0 saturated carbocycles. The van der Waals surface area contributed by atoms with Gasteiger partial charge in [0.15, 0.2) is 0 Å². The Bertz CT molecular complexity index is 532. The van der Waals surface area contributed by atoms with Gasteiger partial charge in [-0.05, 0) is 6.07 Å². The maximum atomic E-state index is 10.6. The molecule has 3 N–H and O–H groups in total. The van der Waals surface area contributed by atoms with Crippen LogP contribution in [0.15, 0.2) is 29.4 Å². The van der Waals surface area contributed by atoms with Gasteiger partial charge in [-0.2, -0.15) is 10.4 Å². The van der Waals surface area contributed by atoms with E-state index in [1.54, 1.807) is 0 Å². The maximum Gasteiger partial charge on any atom is 0.280 e. The average molecular weight is 233 g/mol. The lowest BCUT2D eigenvalue weighted by Gasteiger charge is -1.99. The topological polar surface area (TPSA) is 134 Å². The van der Waals surface area contributed by atoms with Crippen LogP contribution in [0.1, 0.15) is 0 Å². The van der Waals surface area contributed by atoms with Gasteiger partial charge in [-0.3, -0.25) is 20.3 Å². The Morgan fingerprint density at radius 1 is 1.59 bits per heavy atom. The molecule has 0 atom stereocenters. The maximum absolute atomic E-state index is 10.6. The number of nitro groups is 1. The van der Waals surface area contributed by atoms with Crippen molar-refractivity contribution in [2.24, 2.45) is 10.8 Å². The average Bonchev–Trinajstić information content (AvgIpc) is 2.29. The molecule has 0 aliphatic rings. The van der Waals surface area contributed by atoms with Crippen LogP contribution in [0.5, 0.6) is 0 Å². The summed E-state index contributed by atoms with van der Waals surface area (Å²) in [6, 6.07) is 6.93. The van der Waals surface area contributed by atoms with Crippen LogP contribution < -0.4 is 11.2 Å². The summed E-state index contributed by atoms with van der Waals surface area (Å²) in [5.41, 5.74) is 6.80. The number of hydrazone groups is 1. The van der Waals surface area contributed by atoms with Crippen molar-refractivity contribution in [2.45, 2.75) is 0 Å². The monoisotopic (exact) mass is 233 g/mol. The molecule has 0 bridgehead atoms. The SMILES string of the molecule is N#C/C(=N/Nc1cccc([N+](=O)[O-])c1)C(N)=O. The molecule has 0 aromatic heterocycles. The smallest absolute Gasteiger partial charge is 0.280 e. The molecule has 8 heteroatoms. The van der Waals surface area contributed by atoms with Crippen LogP contribution in [0.4, 0.5) is 11.4 Å². The van der Waals surface area contributed by atoms with Gasteiger partial charge in [0.1, 0.15) is 6.07 Å². The van der Waals surface area contributed by atoms with Crippen molar-refractivity contribution in [1.29, 1.82) is 5.26 Å². The van der Waals surface area contributed by atoms with Crippen molar-refractivity contribution in [3.8, 4) is 6.07 Å². The van der Waals surface area contributed by atoms with E-state index in [1.165, 1.54) is 30.3 Å². The summed E-state index contributed by atoms with van der Waals surface area (Å²) in [4.78, 5) is 20.5. The van der Waals surface area contributed by atoms with E-state index >= 15 is 0 Å². The Labute approximate surface area is 95.5 Å². The standard InChI is InChI=1S/C9H7N5O3/c10-5-8(9(11)15)13-12-6-2-1-3-7(4-6)14(16)17/h1-4,12H,(H2,11,15)/b13-8-. The van der Waals surface area contributed by atoms with Crippen molar-refractivity contribution in [3.63, 3.8) is 0 Å². The molecule has 1 aromatic rings. The molecule has 17 heavy (non-hydrogen) atoms. The fourth-order valence-electron chi connectivity index (χ4n) is 0.945. The van der Waals surface area contributed by atoms with Gasteiger partial charge in [0.2, 0.25) is 5.71 Å². The minimum Gasteiger partial charge on any atom is -0.364 e. The molecule has 1 aromatic carbocycles. The molecule has 1 rings (SSSR count). The number of nitrogens with two attached hydrogens (primary N) is 1. The molecule has 0 heterocycles. The first-order valence-corrected chi connectivity index (χ1v) is 4.32. The lowest BCUT2D eigenvalue weighted by atomic mass is 10.3. The molecule has 0 aliphatic carbocycles. The van der Waals surface area contributed by atoms with Crippen LogP contribution in [-0.2, 0) is 4.79 Å². The molecule has 1 amide bonds. The highest BCUT2D eigenvalue weighted by molar-refractivity contribution is 6.44. The third-order valence-corrected chi connectivity index (χ3v) is 1.69. The highest BCUT2D eigenvalue weighted by Crippen LogP contribution is 2.16. The highest BCUT2D eigenvalue weighted by atomic mass is 16.6. The number of nitrogens with zero attached hydrogens (tertiary/aromatic N) is 3. The number of anilines is 1. The summed E-state index contributed by atoms with van der Waals surface area (Å²) in [6.45, 7) is 0. The van der Waals surface area contributed by atoms with Gasteiger partial charge in [-0.15, -0.1) is 0 Å². The van der Waals surface area contributed by atoms with E-state index in [0.717, 1.165) is 0 Å². The zero-order chi connectivity index (χ0) is 12.8. The summed E-state index contributed by atoms with van der Waals surface area (Å²) < 4.78 is 0. The van der Waals surface area contributed by atoms with Crippen LogP contribution in [-0.4, -0.2) is 16.5 Å². The third kappa shape index (κ3) is 3.28. The Hall–Kier alpha value is -2.95. The van der Waals surface area contributed by atoms with Gasteiger partial charge in [0.25, 0.3) is 11.6 Å². The van der Waals surface area contributed by atoms with Gasteiger partial charge in [-0.25, -0.2) is 0 Å². The molecule has 86 valence electrons. The lowest BCUT2D eigenvalue weighted by molar-refractivity contribution is -0.384. The number of carbonyl (C=O) groups is 1. The number of hydrogen-bond donors (Lipinski definition) is 2. The largest absolute Gasteiger partial charge is 0.364 e. The predicted octanol–water partition coefficient (Wildman–Crippen LogP) is 0.372. The number of rotatable bonds is 4. The second-order valence-electron chi connectivity index (χ2n) is 2.86. The molecule has 0 spiro atoms. The molecule has 0 saturated heterocycles. The zero-order valence-corrected chi connectivity index (χ0v) is 8.45. The molecular formula is C9H7N5O3. The zero-order valence-electron chi connectivity index (χ0n) is 8.45. The molecule has 8 nitrogen and oxygen atoms in total. The molecule has 0 unspecified atom stereocenters. The quantitative estimate of drug-likeness (QED) is 0.440. The number of nitrogens with one attached hydrogen (secondary N) is 1. The summed E-state index contributed by atoms with van der Waals surface area (Å²) in [5.74, 6) is -0.981. The highest BCUT2D eigenvalue weighted by Gasteiger charge is 2.07. The van der Waals surface area contributed by atoms with Gasteiger partial charge < -0.3 is 5.73 Å². The summed E-state index contributed by atoms with van der Waals surface area (Å²) >= 11 is 0.